The number of hydrogen-bond donors (Lipinski definition) is 2. The van der Waals surface area contributed by atoms with Crippen molar-refractivity contribution >= 4 is 11.6 Å². The van der Waals surface area contributed by atoms with E-state index in [0.717, 1.165) is 5.56 Å². The van der Waals surface area contributed by atoms with Crippen LogP contribution in [0.1, 0.15) is 17.2 Å². The van der Waals surface area contributed by atoms with Crippen molar-refractivity contribution in [3.63, 3.8) is 0 Å². The zero-order valence-corrected chi connectivity index (χ0v) is 10.8. The first-order chi connectivity index (χ1) is 9.10. The predicted molar refractivity (Wildman–Crippen MR) is 71.6 cm³/mol. The fourth-order valence-electron chi connectivity index (χ4n) is 1.90. The number of benzene rings is 2. The van der Waals surface area contributed by atoms with E-state index in [9.17, 15) is 8.78 Å². The number of nitrogens with two attached hydrogens (primary N) is 1. The topological polar surface area (TPSA) is 38.0 Å². The van der Waals surface area contributed by atoms with Crippen molar-refractivity contribution in [3.8, 4) is 0 Å². The van der Waals surface area contributed by atoms with Crippen LogP contribution in [0.15, 0.2) is 42.5 Å². The molecule has 2 aromatic carbocycles. The molecular weight excluding hydrogens is 270 g/mol. The van der Waals surface area contributed by atoms with Crippen LogP contribution in [-0.2, 0) is 6.42 Å². The summed E-state index contributed by atoms with van der Waals surface area (Å²) in [6, 6.07) is 10.4. The first kappa shape index (κ1) is 13.9. The van der Waals surface area contributed by atoms with Crippen LogP contribution in [0.4, 0.5) is 8.78 Å². The molecule has 0 amide bonds. The summed E-state index contributed by atoms with van der Waals surface area (Å²) in [5, 5.41) is 0.0757. The lowest BCUT2D eigenvalue weighted by molar-refractivity contribution is 0.541. The number of hydrogen-bond acceptors (Lipinski definition) is 2. The van der Waals surface area contributed by atoms with Gasteiger partial charge < -0.3 is 0 Å². The number of rotatable bonds is 4. The number of halogens is 3. The third kappa shape index (κ3) is 3.50. The quantitative estimate of drug-likeness (QED) is 0.666. The Balaban J connectivity index is 2.21. The van der Waals surface area contributed by atoms with Crippen molar-refractivity contribution in [2.24, 2.45) is 5.84 Å². The lowest BCUT2D eigenvalue weighted by Crippen LogP contribution is -2.29. The monoisotopic (exact) mass is 282 g/mol. The van der Waals surface area contributed by atoms with E-state index in [1.807, 2.05) is 0 Å². The Hall–Kier alpha value is -1.49. The van der Waals surface area contributed by atoms with Gasteiger partial charge in [0.1, 0.15) is 11.6 Å². The van der Waals surface area contributed by atoms with Gasteiger partial charge in [-0.05, 0) is 41.8 Å². The van der Waals surface area contributed by atoms with Gasteiger partial charge in [0.2, 0.25) is 0 Å². The molecule has 2 nitrogen and oxygen atoms in total. The van der Waals surface area contributed by atoms with Crippen LogP contribution in [0.3, 0.4) is 0 Å². The predicted octanol–water partition coefficient (Wildman–Crippen LogP) is 3.37. The summed E-state index contributed by atoms with van der Waals surface area (Å²) in [7, 11) is 0. The summed E-state index contributed by atoms with van der Waals surface area (Å²) in [6.45, 7) is 0. The smallest absolute Gasteiger partial charge is 0.142 e. The van der Waals surface area contributed by atoms with Crippen LogP contribution in [-0.4, -0.2) is 0 Å². The molecule has 0 fully saturated rings. The molecule has 0 heterocycles. The fourth-order valence-corrected chi connectivity index (χ4v) is 2.02. The van der Waals surface area contributed by atoms with Crippen molar-refractivity contribution < 1.29 is 8.78 Å². The third-order valence-corrected chi connectivity index (χ3v) is 3.18. The molecule has 0 saturated carbocycles. The van der Waals surface area contributed by atoms with Gasteiger partial charge >= 0.3 is 0 Å². The standard InChI is InChI=1S/C14H13ClF2N2/c15-12-5-4-9(6-13(12)17)7-14(19-18)10-2-1-3-11(16)8-10/h1-6,8,14,19H,7,18H2. The number of hydrazine groups is 1. The average Bonchev–Trinajstić information content (AvgIpc) is 2.40. The van der Waals surface area contributed by atoms with Gasteiger partial charge in [-0.1, -0.05) is 29.8 Å². The lowest BCUT2D eigenvalue weighted by Gasteiger charge is -2.16. The van der Waals surface area contributed by atoms with Crippen molar-refractivity contribution in [2.45, 2.75) is 12.5 Å². The Morgan fingerprint density at radius 2 is 1.95 bits per heavy atom. The summed E-state index contributed by atoms with van der Waals surface area (Å²) >= 11 is 5.62. The second-order valence-corrected chi connectivity index (χ2v) is 4.63. The molecule has 100 valence electrons. The van der Waals surface area contributed by atoms with Crippen LogP contribution in [0.25, 0.3) is 0 Å². The largest absolute Gasteiger partial charge is 0.271 e. The highest BCUT2D eigenvalue weighted by Gasteiger charge is 2.12. The molecule has 0 bridgehead atoms. The second-order valence-electron chi connectivity index (χ2n) is 4.23. The van der Waals surface area contributed by atoms with Crippen molar-refractivity contribution in [2.75, 3.05) is 0 Å². The van der Waals surface area contributed by atoms with Crippen LogP contribution >= 0.6 is 11.6 Å². The highest BCUT2D eigenvalue weighted by molar-refractivity contribution is 6.30. The van der Waals surface area contributed by atoms with E-state index < -0.39 is 5.82 Å². The molecule has 0 saturated heterocycles. The van der Waals surface area contributed by atoms with E-state index in [2.05, 4.69) is 5.43 Å². The summed E-state index contributed by atoms with van der Waals surface area (Å²) in [5.41, 5.74) is 4.04. The van der Waals surface area contributed by atoms with Crippen LogP contribution in [0, 0.1) is 11.6 Å². The summed E-state index contributed by atoms with van der Waals surface area (Å²) < 4.78 is 26.5. The average molecular weight is 283 g/mol. The Morgan fingerprint density at radius 3 is 2.58 bits per heavy atom. The van der Waals surface area contributed by atoms with Gasteiger partial charge in [0, 0.05) is 0 Å². The molecular formula is C14H13ClF2N2. The van der Waals surface area contributed by atoms with Crippen LogP contribution < -0.4 is 11.3 Å². The molecule has 5 heteroatoms. The fraction of sp³-hybridized carbons (Fsp3) is 0.143. The Labute approximate surface area is 115 Å². The third-order valence-electron chi connectivity index (χ3n) is 2.88. The maximum absolute atomic E-state index is 13.4. The van der Waals surface area contributed by atoms with E-state index >= 15 is 0 Å². The maximum Gasteiger partial charge on any atom is 0.142 e. The van der Waals surface area contributed by atoms with Gasteiger partial charge in [-0.25, -0.2) is 8.78 Å². The second kappa shape index (κ2) is 6.10. The van der Waals surface area contributed by atoms with Crippen molar-refractivity contribution in [1.82, 2.24) is 5.43 Å². The lowest BCUT2D eigenvalue weighted by atomic mass is 9.99. The summed E-state index contributed by atoms with van der Waals surface area (Å²) in [6.07, 6.45) is 0.439. The Morgan fingerprint density at radius 1 is 1.16 bits per heavy atom. The molecule has 1 atom stereocenters. The molecule has 3 N–H and O–H groups in total. The zero-order chi connectivity index (χ0) is 13.8. The molecule has 0 aliphatic heterocycles. The SMILES string of the molecule is NNC(Cc1ccc(Cl)c(F)c1)c1cccc(F)c1. The molecule has 0 aliphatic carbocycles. The number of nitrogens with one attached hydrogen (secondary N) is 1. The van der Waals surface area contributed by atoms with Gasteiger partial charge in [0.15, 0.2) is 0 Å². The minimum absolute atomic E-state index is 0.0757. The van der Waals surface area contributed by atoms with E-state index in [1.54, 1.807) is 18.2 Å². The molecule has 19 heavy (non-hydrogen) atoms. The van der Waals surface area contributed by atoms with Crippen LogP contribution in [0.5, 0.6) is 0 Å². The molecule has 0 aromatic heterocycles. The van der Waals surface area contributed by atoms with Gasteiger partial charge in [-0.15, -0.1) is 0 Å². The van der Waals surface area contributed by atoms with E-state index in [0.29, 0.717) is 12.0 Å². The summed E-state index contributed by atoms with van der Waals surface area (Å²) in [4.78, 5) is 0. The first-order valence-corrected chi connectivity index (χ1v) is 6.13. The van der Waals surface area contributed by atoms with Gasteiger partial charge in [-0.3, -0.25) is 11.3 Å². The van der Waals surface area contributed by atoms with E-state index in [-0.39, 0.29) is 16.9 Å². The molecule has 0 spiro atoms. The first-order valence-electron chi connectivity index (χ1n) is 5.75. The zero-order valence-electron chi connectivity index (χ0n) is 10.0. The van der Waals surface area contributed by atoms with E-state index in [1.165, 1.54) is 24.3 Å². The molecule has 0 radical (unpaired) electrons. The molecule has 2 aromatic rings. The minimum Gasteiger partial charge on any atom is -0.271 e. The van der Waals surface area contributed by atoms with Gasteiger partial charge in [-0.2, -0.15) is 0 Å². The van der Waals surface area contributed by atoms with Crippen LogP contribution in [0.2, 0.25) is 5.02 Å². The highest BCUT2D eigenvalue weighted by atomic mass is 35.5. The Kier molecular flexibility index (Phi) is 4.47. The normalized spacial score (nSPS) is 12.4. The van der Waals surface area contributed by atoms with E-state index in [4.69, 9.17) is 17.4 Å². The van der Waals surface area contributed by atoms with Gasteiger partial charge in [0.25, 0.3) is 0 Å². The molecule has 1 unspecified atom stereocenters. The summed E-state index contributed by atoms with van der Waals surface area (Å²) in [5.74, 6) is 4.67. The van der Waals surface area contributed by atoms with Crippen molar-refractivity contribution in [1.29, 1.82) is 0 Å². The molecule has 2 rings (SSSR count). The Bertz CT molecular complexity index is 575. The van der Waals surface area contributed by atoms with Crippen molar-refractivity contribution in [3.05, 3.63) is 70.2 Å². The highest BCUT2D eigenvalue weighted by Crippen LogP contribution is 2.21. The molecule has 0 aliphatic rings. The maximum atomic E-state index is 13.4. The van der Waals surface area contributed by atoms with Gasteiger partial charge in [0.05, 0.1) is 11.1 Å². The minimum atomic E-state index is -0.478.